The minimum atomic E-state index is -1.11. The third kappa shape index (κ3) is 2.85. The van der Waals surface area contributed by atoms with E-state index in [1.807, 2.05) is 0 Å². The van der Waals surface area contributed by atoms with Gasteiger partial charge in [-0.2, -0.15) is 4.98 Å². The van der Waals surface area contributed by atoms with Crippen LogP contribution in [-0.4, -0.2) is 21.0 Å². The van der Waals surface area contributed by atoms with E-state index < -0.39 is 11.8 Å². The van der Waals surface area contributed by atoms with E-state index in [0.29, 0.717) is 5.56 Å². The molecule has 0 unspecified atom stereocenters. The largest absolute Gasteiger partial charge is 0.478 e. The predicted molar refractivity (Wildman–Crippen MR) is 64.9 cm³/mol. The molecule has 0 amide bonds. The van der Waals surface area contributed by atoms with Crippen molar-refractivity contribution in [1.29, 1.82) is 0 Å². The number of ether oxygens (including phenoxy) is 1. The number of rotatable bonds is 3. The van der Waals surface area contributed by atoms with Crippen LogP contribution in [0.5, 0.6) is 11.8 Å². The Kier molecular flexibility index (Phi) is 3.41. The van der Waals surface area contributed by atoms with Crippen molar-refractivity contribution < 1.29 is 19.0 Å². The van der Waals surface area contributed by atoms with Gasteiger partial charge in [0.1, 0.15) is 11.6 Å². The summed E-state index contributed by atoms with van der Waals surface area (Å²) in [7, 11) is 0. The van der Waals surface area contributed by atoms with E-state index in [1.54, 1.807) is 19.1 Å². The van der Waals surface area contributed by atoms with E-state index in [0.717, 1.165) is 6.20 Å². The molecule has 2 rings (SSSR count). The lowest BCUT2D eigenvalue weighted by Crippen LogP contribution is -2.04. The second-order valence-corrected chi connectivity index (χ2v) is 3.97. The summed E-state index contributed by atoms with van der Waals surface area (Å²) < 4.78 is 18.6. The number of halogens is 1. The van der Waals surface area contributed by atoms with Crippen molar-refractivity contribution in [1.82, 2.24) is 9.97 Å². The molecule has 19 heavy (non-hydrogen) atoms. The lowest BCUT2D eigenvalue weighted by atomic mass is 10.2. The van der Waals surface area contributed by atoms with Gasteiger partial charge in [0.25, 0.3) is 0 Å². The number of benzene rings is 1. The molecule has 0 atom stereocenters. The first kappa shape index (κ1) is 12.9. The number of nitrogens with zero attached hydrogens (tertiary/aromatic N) is 2. The molecule has 1 N–H and O–H groups in total. The van der Waals surface area contributed by atoms with Crippen molar-refractivity contribution in [2.24, 2.45) is 0 Å². The second kappa shape index (κ2) is 5.01. The Bertz CT molecular complexity index is 644. The van der Waals surface area contributed by atoms with E-state index in [4.69, 9.17) is 9.84 Å². The summed E-state index contributed by atoms with van der Waals surface area (Å²) in [6.45, 7) is 3.18. The zero-order valence-electron chi connectivity index (χ0n) is 10.3. The molecular weight excluding hydrogens is 251 g/mol. The minimum Gasteiger partial charge on any atom is -0.478 e. The standard InChI is InChI=1S/C13H11FN2O3/c1-7-3-4-9(5-11(7)14)19-13-15-6-10(12(17)18)8(2)16-13/h3-6H,1-2H3,(H,17,18). The van der Waals surface area contributed by atoms with Gasteiger partial charge in [0, 0.05) is 12.3 Å². The molecule has 1 aromatic carbocycles. The third-order valence-electron chi connectivity index (χ3n) is 2.54. The fourth-order valence-electron chi connectivity index (χ4n) is 1.45. The number of hydrogen-bond donors (Lipinski definition) is 1. The average Bonchev–Trinajstić information content (AvgIpc) is 2.33. The molecular formula is C13H11FN2O3. The summed E-state index contributed by atoms with van der Waals surface area (Å²) in [5, 5.41) is 8.84. The molecule has 0 fully saturated rings. The Morgan fingerprint density at radius 1 is 1.37 bits per heavy atom. The number of aromatic nitrogens is 2. The van der Waals surface area contributed by atoms with Gasteiger partial charge in [0.05, 0.1) is 11.3 Å². The molecule has 98 valence electrons. The van der Waals surface area contributed by atoms with E-state index >= 15 is 0 Å². The predicted octanol–water partition coefficient (Wildman–Crippen LogP) is 2.72. The van der Waals surface area contributed by atoms with Crippen molar-refractivity contribution >= 4 is 5.97 Å². The summed E-state index contributed by atoms with van der Waals surface area (Å²) in [5.74, 6) is -1.24. The molecule has 0 bridgehead atoms. The topological polar surface area (TPSA) is 72.3 Å². The molecule has 5 nitrogen and oxygen atoms in total. The van der Waals surface area contributed by atoms with Gasteiger partial charge in [-0.3, -0.25) is 0 Å². The van der Waals surface area contributed by atoms with E-state index in [2.05, 4.69) is 9.97 Å². The highest BCUT2D eigenvalue weighted by Crippen LogP contribution is 2.21. The molecule has 0 saturated carbocycles. The normalized spacial score (nSPS) is 10.3. The molecule has 0 aliphatic carbocycles. The first-order chi connectivity index (χ1) is 8.97. The number of carboxylic acid groups (broad SMARTS) is 1. The van der Waals surface area contributed by atoms with Crippen molar-refractivity contribution in [2.45, 2.75) is 13.8 Å². The van der Waals surface area contributed by atoms with Gasteiger partial charge in [-0.1, -0.05) is 6.07 Å². The molecule has 1 aromatic heterocycles. The maximum atomic E-state index is 13.3. The highest BCUT2D eigenvalue weighted by Gasteiger charge is 2.11. The molecule has 0 spiro atoms. The van der Waals surface area contributed by atoms with Crippen LogP contribution < -0.4 is 4.74 Å². The molecule has 0 radical (unpaired) electrons. The van der Waals surface area contributed by atoms with Crippen LogP contribution in [0.15, 0.2) is 24.4 Å². The van der Waals surface area contributed by atoms with Crippen molar-refractivity contribution in [3.63, 3.8) is 0 Å². The lowest BCUT2D eigenvalue weighted by Gasteiger charge is -2.06. The van der Waals surface area contributed by atoms with Gasteiger partial charge in [0.15, 0.2) is 0 Å². The van der Waals surface area contributed by atoms with Crippen LogP contribution in [0.1, 0.15) is 21.6 Å². The highest BCUT2D eigenvalue weighted by atomic mass is 19.1. The Morgan fingerprint density at radius 2 is 2.11 bits per heavy atom. The number of aromatic carboxylic acids is 1. The van der Waals surface area contributed by atoms with E-state index in [1.165, 1.54) is 13.0 Å². The van der Waals surface area contributed by atoms with Gasteiger partial charge >= 0.3 is 12.0 Å². The van der Waals surface area contributed by atoms with Gasteiger partial charge in [-0.15, -0.1) is 0 Å². The monoisotopic (exact) mass is 262 g/mol. The molecule has 0 saturated heterocycles. The smallest absolute Gasteiger partial charge is 0.339 e. The average molecular weight is 262 g/mol. The van der Waals surface area contributed by atoms with E-state index in [9.17, 15) is 9.18 Å². The second-order valence-electron chi connectivity index (χ2n) is 3.97. The van der Waals surface area contributed by atoms with Gasteiger partial charge in [0.2, 0.25) is 0 Å². The van der Waals surface area contributed by atoms with Crippen molar-refractivity contribution in [3.05, 3.63) is 47.0 Å². The van der Waals surface area contributed by atoms with Crippen LogP contribution in [0, 0.1) is 19.7 Å². The fraction of sp³-hybridized carbons (Fsp3) is 0.154. The third-order valence-corrected chi connectivity index (χ3v) is 2.54. The molecule has 0 aliphatic rings. The first-order valence-corrected chi connectivity index (χ1v) is 5.48. The van der Waals surface area contributed by atoms with Gasteiger partial charge in [-0.25, -0.2) is 14.2 Å². The number of hydrogen-bond acceptors (Lipinski definition) is 4. The van der Waals surface area contributed by atoms with Crippen LogP contribution >= 0.6 is 0 Å². The Morgan fingerprint density at radius 3 is 2.68 bits per heavy atom. The van der Waals surface area contributed by atoms with Gasteiger partial charge < -0.3 is 9.84 Å². The van der Waals surface area contributed by atoms with Crippen molar-refractivity contribution in [3.8, 4) is 11.8 Å². The zero-order chi connectivity index (χ0) is 14.0. The fourth-order valence-corrected chi connectivity index (χ4v) is 1.45. The van der Waals surface area contributed by atoms with Crippen LogP contribution in [-0.2, 0) is 0 Å². The maximum Gasteiger partial charge on any atom is 0.339 e. The molecule has 0 aliphatic heterocycles. The summed E-state index contributed by atoms with van der Waals surface area (Å²) >= 11 is 0. The maximum absolute atomic E-state index is 13.3. The lowest BCUT2D eigenvalue weighted by molar-refractivity contribution is 0.0695. The quantitative estimate of drug-likeness (QED) is 0.920. The number of aryl methyl sites for hydroxylation is 2. The Labute approximate surface area is 108 Å². The van der Waals surface area contributed by atoms with Crippen LogP contribution in [0.25, 0.3) is 0 Å². The van der Waals surface area contributed by atoms with Crippen LogP contribution in [0.2, 0.25) is 0 Å². The molecule has 6 heteroatoms. The number of carboxylic acids is 1. The molecule has 2 aromatic rings. The van der Waals surface area contributed by atoms with Crippen LogP contribution in [0.3, 0.4) is 0 Å². The Hall–Kier alpha value is -2.50. The minimum absolute atomic E-state index is 0.00226. The summed E-state index contributed by atoms with van der Waals surface area (Å²) in [5.41, 5.74) is 0.790. The summed E-state index contributed by atoms with van der Waals surface area (Å²) in [6.07, 6.45) is 1.16. The number of carbonyl (C=O) groups is 1. The zero-order valence-corrected chi connectivity index (χ0v) is 10.3. The van der Waals surface area contributed by atoms with Crippen LogP contribution in [0.4, 0.5) is 4.39 Å². The first-order valence-electron chi connectivity index (χ1n) is 5.48. The van der Waals surface area contributed by atoms with Crippen molar-refractivity contribution in [2.75, 3.05) is 0 Å². The van der Waals surface area contributed by atoms with Gasteiger partial charge in [-0.05, 0) is 25.5 Å². The molecule has 1 heterocycles. The summed E-state index contributed by atoms with van der Waals surface area (Å²) in [4.78, 5) is 18.5. The van der Waals surface area contributed by atoms with E-state index in [-0.39, 0.29) is 23.0 Å². The Balaban J connectivity index is 2.26. The highest BCUT2D eigenvalue weighted by molar-refractivity contribution is 5.88. The summed E-state index contributed by atoms with van der Waals surface area (Å²) in [6, 6.07) is 4.36. The SMILES string of the molecule is Cc1ccc(Oc2ncc(C(=O)O)c(C)n2)cc1F.